The average Bonchev–Trinajstić information content (AvgIpc) is 3.23. The maximum absolute atomic E-state index is 5.94. The SMILES string of the molecule is CCCCCCCCc1cc(Cc2ccc(N)cc2)ccc1CCCCCCCCCCCCCCc1ccc(Cc2ccc(N)cc2)cc1CCCCCCCC. The summed E-state index contributed by atoms with van der Waals surface area (Å²) in [6, 6.07) is 31.5. The quantitative estimate of drug-likeness (QED) is 0.0373. The first-order chi connectivity index (χ1) is 28.5. The molecule has 318 valence electrons. The summed E-state index contributed by atoms with van der Waals surface area (Å²) in [6.07, 6.45) is 40.0. The van der Waals surface area contributed by atoms with E-state index in [1.165, 1.54) is 202 Å². The van der Waals surface area contributed by atoms with Gasteiger partial charge in [-0.25, -0.2) is 0 Å². The second kappa shape index (κ2) is 29.7. The van der Waals surface area contributed by atoms with Crippen LogP contribution in [0.15, 0.2) is 84.9 Å². The molecule has 0 unspecified atom stereocenters. The van der Waals surface area contributed by atoms with Crippen molar-refractivity contribution >= 4 is 11.4 Å². The third-order valence-corrected chi connectivity index (χ3v) is 12.6. The van der Waals surface area contributed by atoms with Crippen LogP contribution in [0.4, 0.5) is 11.4 Å². The van der Waals surface area contributed by atoms with Crippen LogP contribution in [-0.4, -0.2) is 0 Å². The van der Waals surface area contributed by atoms with E-state index in [-0.39, 0.29) is 0 Å². The van der Waals surface area contributed by atoms with Crippen molar-refractivity contribution in [3.63, 3.8) is 0 Å². The molecule has 0 radical (unpaired) electrons. The summed E-state index contributed by atoms with van der Waals surface area (Å²) >= 11 is 0. The molecule has 4 aromatic carbocycles. The molecule has 0 aromatic heterocycles. The Kier molecular flexibility index (Phi) is 24.1. The number of unbranched alkanes of at least 4 members (excludes halogenated alkanes) is 21. The Bertz CT molecular complexity index is 1490. The van der Waals surface area contributed by atoms with E-state index in [1.54, 1.807) is 22.3 Å². The number of aryl methyl sites for hydroxylation is 4. The molecule has 0 spiro atoms. The fraction of sp³-hybridized carbons (Fsp3) is 0.571. The Morgan fingerprint density at radius 1 is 0.276 bits per heavy atom. The summed E-state index contributed by atoms with van der Waals surface area (Å²) in [5.41, 5.74) is 25.6. The predicted molar refractivity (Wildman–Crippen MR) is 257 cm³/mol. The van der Waals surface area contributed by atoms with Gasteiger partial charge < -0.3 is 11.5 Å². The molecule has 0 aliphatic heterocycles. The van der Waals surface area contributed by atoms with E-state index in [9.17, 15) is 0 Å². The number of nitrogen functional groups attached to an aromatic ring is 2. The molecule has 4 aromatic rings. The predicted octanol–water partition coefficient (Wildman–Crippen LogP) is 16.3. The van der Waals surface area contributed by atoms with Gasteiger partial charge in [-0.2, -0.15) is 0 Å². The maximum atomic E-state index is 5.94. The Labute approximate surface area is 357 Å². The Hall–Kier alpha value is -3.52. The normalized spacial score (nSPS) is 11.4. The molecule has 2 heteroatoms. The molecule has 0 saturated carbocycles. The minimum absolute atomic E-state index is 0.845. The summed E-state index contributed by atoms with van der Waals surface area (Å²) in [6.45, 7) is 4.61. The molecule has 4 N–H and O–H groups in total. The van der Waals surface area contributed by atoms with Gasteiger partial charge in [-0.05, 0) is 133 Å². The second-order valence-corrected chi connectivity index (χ2v) is 17.8. The molecule has 2 nitrogen and oxygen atoms in total. The van der Waals surface area contributed by atoms with Gasteiger partial charge in [0.05, 0.1) is 0 Å². The van der Waals surface area contributed by atoms with Crippen LogP contribution in [0.3, 0.4) is 0 Å². The molecular formula is C56H84N2. The van der Waals surface area contributed by atoms with Crippen molar-refractivity contribution in [2.75, 3.05) is 11.5 Å². The van der Waals surface area contributed by atoms with Crippen molar-refractivity contribution in [3.8, 4) is 0 Å². The molecule has 58 heavy (non-hydrogen) atoms. The Morgan fingerprint density at radius 2 is 0.534 bits per heavy atom. The van der Waals surface area contributed by atoms with Gasteiger partial charge >= 0.3 is 0 Å². The van der Waals surface area contributed by atoms with Crippen LogP contribution in [0.25, 0.3) is 0 Å². The lowest BCUT2D eigenvalue weighted by Crippen LogP contribution is -1.99. The van der Waals surface area contributed by atoms with E-state index in [0.717, 1.165) is 24.2 Å². The minimum Gasteiger partial charge on any atom is -0.399 e. The summed E-state index contributed by atoms with van der Waals surface area (Å²) in [5, 5.41) is 0. The highest BCUT2D eigenvalue weighted by Gasteiger charge is 2.09. The van der Waals surface area contributed by atoms with Crippen LogP contribution in [-0.2, 0) is 38.5 Å². The van der Waals surface area contributed by atoms with Gasteiger partial charge in [0.1, 0.15) is 0 Å². The molecule has 4 rings (SSSR count). The molecule has 0 heterocycles. The maximum Gasteiger partial charge on any atom is 0.0314 e. The summed E-state index contributed by atoms with van der Waals surface area (Å²) < 4.78 is 0. The van der Waals surface area contributed by atoms with Crippen molar-refractivity contribution in [1.82, 2.24) is 0 Å². The number of nitrogens with two attached hydrogens (primary N) is 2. The third-order valence-electron chi connectivity index (χ3n) is 12.6. The number of anilines is 2. The van der Waals surface area contributed by atoms with Crippen molar-refractivity contribution in [1.29, 1.82) is 0 Å². The summed E-state index contributed by atoms with van der Waals surface area (Å²) in [5.74, 6) is 0. The van der Waals surface area contributed by atoms with Gasteiger partial charge in [-0.3, -0.25) is 0 Å². The molecule has 0 bridgehead atoms. The van der Waals surface area contributed by atoms with Crippen LogP contribution in [0.2, 0.25) is 0 Å². The number of benzene rings is 4. The van der Waals surface area contributed by atoms with Gasteiger partial charge in [0.25, 0.3) is 0 Å². The highest BCUT2D eigenvalue weighted by atomic mass is 14.5. The number of rotatable bonds is 33. The van der Waals surface area contributed by atoms with Crippen molar-refractivity contribution in [3.05, 3.63) is 129 Å². The van der Waals surface area contributed by atoms with Crippen molar-refractivity contribution in [2.45, 2.75) is 206 Å². The van der Waals surface area contributed by atoms with Crippen LogP contribution < -0.4 is 11.5 Å². The minimum atomic E-state index is 0.845. The highest BCUT2D eigenvalue weighted by Crippen LogP contribution is 2.24. The van der Waals surface area contributed by atoms with Gasteiger partial charge in [-0.15, -0.1) is 0 Å². The van der Waals surface area contributed by atoms with E-state index in [0.29, 0.717) is 0 Å². The van der Waals surface area contributed by atoms with E-state index in [1.807, 2.05) is 24.3 Å². The molecule has 0 atom stereocenters. The Morgan fingerprint density at radius 3 is 0.845 bits per heavy atom. The zero-order valence-electron chi connectivity index (χ0n) is 37.5. The van der Waals surface area contributed by atoms with E-state index >= 15 is 0 Å². The van der Waals surface area contributed by atoms with E-state index in [2.05, 4.69) is 74.5 Å². The third kappa shape index (κ3) is 20.0. The molecule has 0 amide bonds. The fourth-order valence-electron chi connectivity index (χ4n) is 8.86. The monoisotopic (exact) mass is 785 g/mol. The first-order valence-corrected chi connectivity index (χ1v) is 24.4. The molecule has 0 saturated heterocycles. The van der Waals surface area contributed by atoms with Gasteiger partial charge in [0.2, 0.25) is 0 Å². The first-order valence-electron chi connectivity index (χ1n) is 24.4. The van der Waals surface area contributed by atoms with Gasteiger partial charge in [-0.1, -0.05) is 203 Å². The van der Waals surface area contributed by atoms with E-state index < -0.39 is 0 Å². The van der Waals surface area contributed by atoms with E-state index in [4.69, 9.17) is 11.5 Å². The fourth-order valence-corrected chi connectivity index (χ4v) is 8.86. The zero-order chi connectivity index (χ0) is 40.9. The van der Waals surface area contributed by atoms with Crippen LogP contribution in [0, 0.1) is 0 Å². The zero-order valence-corrected chi connectivity index (χ0v) is 37.5. The Balaban J connectivity index is 1.07. The highest BCUT2D eigenvalue weighted by molar-refractivity contribution is 5.43. The lowest BCUT2D eigenvalue weighted by Gasteiger charge is -2.13. The second-order valence-electron chi connectivity index (χ2n) is 17.8. The molecule has 0 aliphatic rings. The smallest absolute Gasteiger partial charge is 0.0314 e. The lowest BCUT2D eigenvalue weighted by atomic mass is 9.92. The number of hydrogen-bond acceptors (Lipinski definition) is 2. The largest absolute Gasteiger partial charge is 0.399 e. The lowest BCUT2D eigenvalue weighted by molar-refractivity contribution is 0.540. The van der Waals surface area contributed by atoms with Crippen molar-refractivity contribution in [2.24, 2.45) is 0 Å². The topological polar surface area (TPSA) is 52.0 Å². The summed E-state index contributed by atoms with van der Waals surface area (Å²) in [7, 11) is 0. The molecule has 0 aliphatic carbocycles. The van der Waals surface area contributed by atoms with Crippen LogP contribution >= 0.6 is 0 Å². The van der Waals surface area contributed by atoms with Crippen LogP contribution in [0.1, 0.15) is 212 Å². The standard InChI is InChI=1S/C56H84N2/c1-3-5-7-9-19-25-29-53-45-49(43-47-33-39-55(57)40-34-47)31-37-51(53)27-23-21-17-15-13-11-12-14-16-18-22-24-28-52-38-32-50(44-48-35-41-56(58)42-36-48)46-54(52)30-26-20-10-8-6-4-2/h31-42,45-46H,3-30,43-44,57-58H2,1-2H3. The summed E-state index contributed by atoms with van der Waals surface area (Å²) in [4.78, 5) is 0. The van der Waals surface area contributed by atoms with Gasteiger partial charge in [0, 0.05) is 11.4 Å². The van der Waals surface area contributed by atoms with Crippen LogP contribution in [0.5, 0.6) is 0 Å². The van der Waals surface area contributed by atoms with Crippen molar-refractivity contribution < 1.29 is 0 Å². The molecule has 0 fully saturated rings. The first kappa shape index (κ1) is 47.2. The number of hydrogen-bond donors (Lipinski definition) is 2. The molecular weight excluding hydrogens is 701 g/mol. The average molecular weight is 785 g/mol. The van der Waals surface area contributed by atoms with Gasteiger partial charge in [0.15, 0.2) is 0 Å².